The number of hydrogen-bond acceptors (Lipinski definition) is 8. The second-order valence-electron chi connectivity index (χ2n) is 3.99. The molecule has 3 N–H and O–H groups in total. The van der Waals surface area contributed by atoms with Crippen LogP contribution in [0.2, 0.25) is 0 Å². The van der Waals surface area contributed by atoms with E-state index in [9.17, 15) is 4.79 Å². The summed E-state index contributed by atoms with van der Waals surface area (Å²) >= 11 is 2.51. The van der Waals surface area contributed by atoms with Gasteiger partial charge >= 0.3 is 0 Å². The Kier molecular flexibility index (Phi) is 6.16. The molecule has 1 amide bonds. The third-order valence-electron chi connectivity index (χ3n) is 2.32. The number of thioether (sulfide) groups is 1. The highest BCUT2D eigenvalue weighted by atomic mass is 32.2. The second kappa shape index (κ2) is 8.35. The molecule has 1 aromatic carbocycles. The van der Waals surface area contributed by atoms with Crippen LogP contribution in [0.3, 0.4) is 0 Å². The summed E-state index contributed by atoms with van der Waals surface area (Å²) in [6.45, 7) is 2.52. The molecule has 0 aliphatic heterocycles. The molecular formula is C13H15N5O2S2. The van der Waals surface area contributed by atoms with Crippen LogP contribution in [0.25, 0.3) is 0 Å². The summed E-state index contributed by atoms with van der Waals surface area (Å²) in [6, 6.07) is 7.45. The molecule has 0 fully saturated rings. The third kappa shape index (κ3) is 5.34. The van der Waals surface area contributed by atoms with Gasteiger partial charge in [0.15, 0.2) is 4.34 Å². The zero-order valence-corrected chi connectivity index (χ0v) is 13.5. The maximum absolute atomic E-state index is 11.6. The number of nitrogens with two attached hydrogens (primary N) is 1. The maximum Gasteiger partial charge on any atom is 0.250 e. The van der Waals surface area contributed by atoms with Gasteiger partial charge in [-0.1, -0.05) is 35.2 Å². The lowest BCUT2D eigenvalue weighted by Crippen LogP contribution is -2.19. The van der Waals surface area contributed by atoms with Gasteiger partial charge in [-0.3, -0.25) is 4.79 Å². The zero-order chi connectivity index (χ0) is 15.8. The molecule has 0 saturated carbocycles. The summed E-state index contributed by atoms with van der Waals surface area (Å²) in [5, 5.41) is 11.8. The Labute approximate surface area is 136 Å². The van der Waals surface area contributed by atoms with Crippen LogP contribution in [-0.2, 0) is 4.79 Å². The number of ether oxygens (including phenoxy) is 1. The summed E-state index contributed by atoms with van der Waals surface area (Å²) in [5.41, 5.74) is 8.76. The predicted octanol–water partition coefficient (Wildman–Crippen LogP) is 1.76. The summed E-state index contributed by atoms with van der Waals surface area (Å²) in [7, 11) is 0. The van der Waals surface area contributed by atoms with E-state index in [0.29, 0.717) is 16.1 Å². The molecule has 7 nitrogen and oxygen atoms in total. The molecule has 0 radical (unpaired) electrons. The van der Waals surface area contributed by atoms with Gasteiger partial charge in [0.2, 0.25) is 5.13 Å². The minimum atomic E-state index is -0.226. The first kappa shape index (κ1) is 16.2. The molecular weight excluding hydrogens is 322 g/mol. The van der Waals surface area contributed by atoms with Crippen LogP contribution >= 0.6 is 23.1 Å². The van der Waals surface area contributed by atoms with Crippen molar-refractivity contribution in [1.82, 2.24) is 15.6 Å². The van der Waals surface area contributed by atoms with E-state index in [1.165, 1.54) is 23.1 Å². The highest BCUT2D eigenvalue weighted by Crippen LogP contribution is 2.22. The Bertz CT molecular complexity index is 659. The SMILES string of the molecule is CCOc1cccc(C=NNC(=O)CSc2nnc(N)s2)c1. The average molecular weight is 337 g/mol. The monoisotopic (exact) mass is 337 g/mol. The molecule has 0 spiro atoms. The van der Waals surface area contributed by atoms with E-state index >= 15 is 0 Å². The summed E-state index contributed by atoms with van der Waals surface area (Å²) in [5.74, 6) is 0.739. The molecule has 0 aliphatic rings. The molecule has 116 valence electrons. The van der Waals surface area contributed by atoms with Crippen LogP contribution < -0.4 is 15.9 Å². The van der Waals surface area contributed by atoms with Crippen molar-refractivity contribution in [3.8, 4) is 5.75 Å². The van der Waals surface area contributed by atoms with E-state index in [4.69, 9.17) is 10.5 Å². The topological polar surface area (TPSA) is 102 Å². The van der Waals surface area contributed by atoms with Gasteiger partial charge in [0.25, 0.3) is 5.91 Å². The Hall–Kier alpha value is -2.13. The molecule has 2 rings (SSSR count). The van der Waals surface area contributed by atoms with Gasteiger partial charge in [-0.2, -0.15) is 5.10 Å². The van der Waals surface area contributed by atoms with Crippen LogP contribution in [-0.4, -0.2) is 34.7 Å². The number of hydrazone groups is 1. The van der Waals surface area contributed by atoms with Gasteiger partial charge in [-0.15, -0.1) is 10.2 Å². The Morgan fingerprint density at radius 3 is 3.14 bits per heavy atom. The number of anilines is 1. The second-order valence-corrected chi connectivity index (χ2v) is 6.23. The van der Waals surface area contributed by atoms with Crippen molar-refractivity contribution in [1.29, 1.82) is 0 Å². The first-order valence-corrected chi connectivity index (χ1v) is 8.24. The van der Waals surface area contributed by atoms with Crippen LogP contribution in [0, 0.1) is 0 Å². The predicted molar refractivity (Wildman–Crippen MR) is 88.4 cm³/mol. The van der Waals surface area contributed by atoms with E-state index in [1.54, 1.807) is 6.21 Å². The van der Waals surface area contributed by atoms with Gasteiger partial charge in [0.05, 0.1) is 18.6 Å². The summed E-state index contributed by atoms with van der Waals surface area (Å²) in [4.78, 5) is 11.6. The first-order valence-electron chi connectivity index (χ1n) is 6.44. The number of nitrogens with zero attached hydrogens (tertiary/aromatic N) is 3. The van der Waals surface area contributed by atoms with Crippen molar-refractivity contribution in [2.45, 2.75) is 11.3 Å². The molecule has 0 saturated heterocycles. The van der Waals surface area contributed by atoms with Crippen LogP contribution in [0.15, 0.2) is 33.7 Å². The van der Waals surface area contributed by atoms with Crippen molar-refractivity contribution in [3.63, 3.8) is 0 Å². The number of rotatable bonds is 7. The fourth-order valence-corrected chi connectivity index (χ4v) is 2.90. The van der Waals surface area contributed by atoms with Crippen LogP contribution in [0.5, 0.6) is 5.75 Å². The molecule has 2 aromatic rings. The van der Waals surface area contributed by atoms with E-state index in [0.717, 1.165) is 11.3 Å². The lowest BCUT2D eigenvalue weighted by molar-refractivity contribution is -0.118. The lowest BCUT2D eigenvalue weighted by atomic mass is 10.2. The van der Waals surface area contributed by atoms with Crippen molar-refractivity contribution >= 4 is 40.4 Å². The average Bonchev–Trinajstić information content (AvgIpc) is 2.92. The molecule has 0 unspecified atom stereocenters. The Morgan fingerprint density at radius 2 is 2.41 bits per heavy atom. The first-order chi connectivity index (χ1) is 10.7. The molecule has 1 heterocycles. The fourth-order valence-electron chi connectivity index (χ4n) is 1.47. The summed E-state index contributed by atoms with van der Waals surface area (Å²) < 4.78 is 6.04. The van der Waals surface area contributed by atoms with Crippen LogP contribution in [0.1, 0.15) is 12.5 Å². The highest BCUT2D eigenvalue weighted by Gasteiger charge is 2.05. The van der Waals surface area contributed by atoms with Crippen molar-refractivity contribution in [2.24, 2.45) is 5.10 Å². The van der Waals surface area contributed by atoms with E-state index in [1.807, 2.05) is 31.2 Å². The summed E-state index contributed by atoms with van der Waals surface area (Å²) in [6.07, 6.45) is 1.56. The van der Waals surface area contributed by atoms with Crippen molar-refractivity contribution in [3.05, 3.63) is 29.8 Å². The van der Waals surface area contributed by atoms with Gasteiger partial charge < -0.3 is 10.5 Å². The lowest BCUT2D eigenvalue weighted by Gasteiger charge is -2.02. The highest BCUT2D eigenvalue weighted by molar-refractivity contribution is 8.01. The van der Waals surface area contributed by atoms with Crippen LogP contribution in [0.4, 0.5) is 5.13 Å². The number of benzene rings is 1. The number of aromatic nitrogens is 2. The molecule has 0 bridgehead atoms. The van der Waals surface area contributed by atoms with Crippen molar-refractivity contribution in [2.75, 3.05) is 18.1 Å². The third-order valence-corrected chi connectivity index (χ3v) is 4.21. The number of nitrogens with one attached hydrogen (secondary N) is 1. The molecule has 0 atom stereocenters. The zero-order valence-electron chi connectivity index (χ0n) is 11.9. The van der Waals surface area contributed by atoms with Gasteiger partial charge in [-0.05, 0) is 24.6 Å². The number of nitrogen functional groups attached to an aromatic ring is 1. The number of carbonyl (C=O) groups is 1. The van der Waals surface area contributed by atoms with E-state index in [2.05, 4.69) is 20.7 Å². The van der Waals surface area contributed by atoms with Gasteiger partial charge in [0, 0.05) is 0 Å². The minimum absolute atomic E-state index is 0.199. The largest absolute Gasteiger partial charge is 0.494 e. The maximum atomic E-state index is 11.6. The Balaban J connectivity index is 1.78. The molecule has 22 heavy (non-hydrogen) atoms. The normalized spacial score (nSPS) is 10.8. The quantitative estimate of drug-likeness (QED) is 0.453. The number of hydrogen-bond donors (Lipinski definition) is 2. The fraction of sp³-hybridized carbons (Fsp3) is 0.231. The molecule has 0 aliphatic carbocycles. The minimum Gasteiger partial charge on any atom is -0.494 e. The molecule has 9 heteroatoms. The Morgan fingerprint density at radius 1 is 1.55 bits per heavy atom. The van der Waals surface area contributed by atoms with E-state index in [-0.39, 0.29) is 11.7 Å². The number of amides is 1. The standard InChI is InChI=1S/C13H15N5O2S2/c1-2-20-10-5-3-4-9(6-10)7-15-16-11(19)8-21-13-18-17-12(14)22-13/h3-7H,2,8H2,1H3,(H2,14,17)(H,16,19). The smallest absolute Gasteiger partial charge is 0.250 e. The van der Waals surface area contributed by atoms with Gasteiger partial charge in [0.1, 0.15) is 5.75 Å². The van der Waals surface area contributed by atoms with Crippen molar-refractivity contribution < 1.29 is 9.53 Å². The van der Waals surface area contributed by atoms with Gasteiger partial charge in [-0.25, -0.2) is 5.43 Å². The molecule has 1 aromatic heterocycles. The van der Waals surface area contributed by atoms with E-state index < -0.39 is 0 Å². The number of carbonyl (C=O) groups excluding carboxylic acids is 1.